The quantitative estimate of drug-likeness (QED) is 0.665. The van der Waals surface area contributed by atoms with Crippen molar-refractivity contribution in [3.05, 3.63) is 58.5 Å². The van der Waals surface area contributed by atoms with E-state index in [4.69, 9.17) is 4.74 Å². The van der Waals surface area contributed by atoms with Crippen LogP contribution >= 0.6 is 0 Å². The van der Waals surface area contributed by atoms with Crippen LogP contribution in [0.3, 0.4) is 0 Å². The third-order valence-corrected chi connectivity index (χ3v) is 3.81. The van der Waals surface area contributed by atoms with Crippen LogP contribution in [0.15, 0.2) is 41.6 Å². The monoisotopic (exact) mass is 359 g/mol. The molecule has 2 heterocycles. The lowest BCUT2D eigenvalue weighted by Crippen LogP contribution is -2.30. The molecule has 0 bridgehead atoms. The van der Waals surface area contributed by atoms with Gasteiger partial charge in [-0.05, 0) is 17.7 Å². The molecule has 3 rings (SSSR count). The van der Waals surface area contributed by atoms with E-state index in [0.29, 0.717) is 30.7 Å². The Morgan fingerprint density at radius 3 is 2.81 bits per heavy atom. The summed E-state index contributed by atoms with van der Waals surface area (Å²) in [5, 5.41) is 7.24. The number of benzene rings is 1. The van der Waals surface area contributed by atoms with Crippen LogP contribution in [-0.4, -0.2) is 45.5 Å². The van der Waals surface area contributed by atoms with E-state index < -0.39 is 0 Å². The molecule has 0 saturated carbocycles. The fourth-order valence-electron chi connectivity index (χ4n) is 2.54. The van der Waals surface area contributed by atoms with Crippen LogP contribution in [0.1, 0.15) is 5.56 Å². The Bertz CT molecular complexity index is 965. The highest BCUT2D eigenvalue weighted by Gasteiger charge is 2.11. The van der Waals surface area contributed by atoms with Crippen LogP contribution in [0, 0.1) is 5.82 Å². The smallest absolute Gasteiger partial charge is 0.264 e. The molecular weight excluding hydrogens is 341 g/mol. The van der Waals surface area contributed by atoms with Crippen molar-refractivity contribution >= 4 is 16.9 Å². The van der Waals surface area contributed by atoms with Crippen LogP contribution in [-0.2, 0) is 22.6 Å². The fraction of sp³-hybridized carbons (Fsp3) is 0.294. The maximum absolute atomic E-state index is 13.0. The highest BCUT2D eigenvalue weighted by molar-refractivity contribution is 5.77. The lowest BCUT2D eigenvalue weighted by Gasteiger charge is -2.07. The third kappa shape index (κ3) is 3.94. The SMILES string of the molecule is COCC(=O)NCCn1ncc2c(=O)n(Cc3ccc(F)cc3)cnc21. The van der Waals surface area contributed by atoms with Crippen molar-refractivity contribution in [2.24, 2.45) is 0 Å². The molecule has 1 aromatic carbocycles. The number of hydrogen-bond donors (Lipinski definition) is 1. The average molecular weight is 359 g/mol. The number of rotatable bonds is 7. The Balaban J connectivity index is 1.75. The molecule has 26 heavy (non-hydrogen) atoms. The minimum Gasteiger partial charge on any atom is -0.375 e. The summed E-state index contributed by atoms with van der Waals surface area (Å²) in [4.78, 5) is 28.3. The van der Waals surface area contributed by atoms with Gasteiger partial charge in [0, 0.05) is 13.7 Å². The highest BCUT2D eigenvalue weighted by Crippen LogP contribution is 2.08. The summed E-state index contributed by atoms with van der Waals surface area (Å²) >= 11 is 0. The van der Waals surface area contributed by atoms with Gasteiger partial charge in [0.15, 0.2) is 5.65 Å². The molecule has 0 aliphatic rings. The van der Waals surface area contributed by atoms with E-state index in [0.717, 1.165) is 5.56 Å². The summed E-state index contributed by atoms with van der Waals surface area (Å²) in [6.45, 7) is 1.01. The van der Waals surface area contributed by atoms with Crippen molar-refractivity contribution in [2.45, 2.75) is 13.1 Å². The summed E-state index contributed by atoms with van der Waals surface area (Å²) in [5.41, 5.74) is 1.02. The van der Waals surface area contributed by atoms with Crippen molar-refractivity contribution < 1.29 is 13.9 Å². The van der Waals surface area contributed by atoms with Crippen molar-refractivity contribution in [3.8, 4) is 0 Å². The number of nitrogens with one attached hydrogen (secondary N) is 1. The fourth-order valence-corrected chi connectivity index (χ4v) is 2.54. The predicted octanol–water partition coefficient (Wildman–Crippen LogP) is 0.543. The van der Waals surface area contributed by atoms with Crippen LogP contribution < -0.4 is 10.9 Å². The molecule has 0 atom stereocenters. The summed E-state index contributed by atoms with van der Waals surface area (Å²) in [6.07, 6.45) is 2.90. The highest BCUT2D eigenvalue weighted by atomic mass is 19.1. The number of carbonyl (C=O) groups excluding carboxylic acids is 1. The normalized spacial score (nSPS) is 11.0. The van der Waals surface area contributed by atoms with Gasteiger partial charge in [0.1, 0.15) is 24.1 Å². The molecule has 3 aromatic rings. The Morgan fingerprint density at radius 2 is 2.08 bits per heavy atom. The van der Waals surface area contributed by atoms with E-state index in [9.17, 15) is 14.0 Å². The van der Waals surface area contributed by atoms with Gasteiger partial charge in [-0.3, -0.25) is 14.2 Å². The lowest BCUT2D eigenvalue weighted by molar-refractivity contribution is -0.124. The average Bonchev–Trinajstić information content (AvgIpc) is 3.03. The zero-order valence-corrected chi connectivity index (χ0v) is 14.2. The second-order valence-electron chi connectivity index (χ2n) is 5.69. The number of aromatic nitrogens is 4. The molecule has 0 aliphatic heterocycles. The third-order valence-electron chi connectivity index (χ3n) is 3.81. The molecule has 0 fully saturated rings. The van der Waals surface area contributed by atoms with Crippen LogP contribution in [0.2, 0.25) is 0 Å². The van der Waals surface area contributed by atoms with Gasteiger partial charge in [0.25, 0.3) is 5.56 Å². The second kappa shape index (κ2) is 7.87. The van der Waals surface area contributed by atoms with E-state index in [-0.39, 0.29) is 23.9 Å². The van der Waals surface area contributed by atoms with Crippen LogP contribution in [0.5, 0.6) is 0 Å². The van der Waals surface area contributed by atoms with Gasteiger partial charge in [-0.15, -0.1) is 0 Å². The van der Waals surface area contributed by atoms with E-state index in [2.05, 4.69) is 15.4 Å². The van der Waals surface area contributed by atoms with Crippen molar-refractivity contribution in [1.82, 2.24) is 24.6 Å². The number of nitrogens with zero attached hydrogens (tertiary/aromatic N) is 4. The molecule has 0 radical (unpaired) electrons. The van der Waals surface area contributed by atoms with E-state index in [1.807, 2.05) is 0 Å². The number of hydrogen-bond acceptors (Lipinski definition) is 5. The number of amides is 1. The molecular formula is C17H18FN5O3. The molecule has 1 amide bonds. The molecule has 0 unspecified atom stereocenters. The molecule has 8 nitrogen and oxygen atoms in total. The molecule has 9 heteroatoms. The standard InChI is InChI=1S/C17H18FN5O3/c1-26-10-15(24)19-6-7-23-16-14(8-21-23)17(25)22(11-20-16)9-12-2-4-13(18)5-3-12/h2-5,8,11H,6-7,9-10H2,1H3,(H,19,24). The minimum atomic E-state index is -0.325. The van der Waals surface area contributed by atoms with Gasteiger partial charge in [-0.25, -0.2) is 14.1 Å². The number of methoxy groups -OCH3 is 1. The first kappa shape index (κ1) is 17.7. The Kier molecular flexibility index (Phi) is 5.37. The van der Waals surface area contributed by atoms with Crippen LogP contribution in [0.25, 0.3) is 11.0 Å². The first-order chi connectivity index (χ1) is 12.6. The lowest BCUT2D eigenvalue weighted by atomic mass is 10.2. The van der Waals surface area contributed by atoms with Gasteiger partial charge in [0.05, 0.1) is 19.3 Å². The first-order valence-electron chi connectivity index (χ1n) is 7.99. The molecule has 1 N–H and O–H groups in total. The molecule has 2 aromatic heterocycles. The summed E-state index contributed by atoms with van der Waals surface area (Å²) < 4.78 is 20.7. The van der Waals surface area contributed by atoms with Gasteiger partial charge in [-0.1, -0.05) is 12.1 Å². The zero-order valence-electron chi connectivity index (χ0n) is 14.2. The Hall–Kier alpha value is -3.07. The second-order valence-corrected chi connectivity index (χ2v) is 5.69. The first-order valence-corrected chi connectivity index (χ1v) is 7.99. The van der Waals surface area contributed by atoms with Gasteiger partial charge >= 0.3 is 0 Å². The Morgan fingerprint density at radius 1 is 1.31 bits per heavy atom. The van der Waals surface area contributed by atoms with Gasteiger partial charge in [0.2, 0.25) is 5.91 Å². The topological polar surface area (TPSA) is 91.0 Å². The zero-order chi connectivity index (χ0) is 18.5. The van der Waals surface area contributed by atoms with Crippen molar-refractivity contribution in [2.75, 3.05) is 20.3 Å². The summed E-state index contributed by atoms with van der Waals surface area (Å²) in [5.74, 6) is -0.549. The number of ether oxygens (including phenoxy) is 1. The van der Waals surface area contributed by atoms with E-state index in [1.165, 1.54) is 36.3 Å². The van der Waals surface area contributed by atoms with Gasteiger partial charge in [-0.2, -0.15) is 5.10 Å². The number of halogens is 1. The molecule has 0 spiro atoms. The van der Waals surface area contributed by atoms with E-state index in [1.54, 1.807) is 16.8 Å². The van der Waals surface area contributed by atoms with Crippen molar-refractivity contribution in [1.29, 1.82) is 0 Å². The molecule has 0 saturated heterocycles. The maximum Gasteiger partial charge on any atom is 0.264 e. The van der Waals surface area contributed by atoms with E-state index >= 15 is 0 Å². The molecule has 0 aliphatic carbocycles. The minimum absolute atomic E-state index is 0.00774. The number of carbonyl (C=O) groups is 1. The maximum atomic E-state index is 13.0. The summed E-state index contributed by atoms with van der Waals surface area (Å²) in [6, 6.07) is 5.95. The predicted molar refractivity (Wildman–Crippen MR) is 92.2 cm³/mol. The summed E-state index contributed by atoms with van der Waals surface area (Å²) in [7, 11) is 1.45. The largest absolute Gasteiger partial charge is 0.375 e. The molecule has 136 valence electrons. The van der Waals surface area contributed by atoms with Gasteiger partial charge < -0.3 is 10.1 Å². The number of fused-ring (bicyclic) bond motifs is 1. The van der Waals surface area contributed by atoms with Crippen LogP contribution in [0.4, 0.5) is 4.39 Å². The Labute approximate surface area is 148 Å². The van der Waals surface area contributed by atoms with Crippen molar-refractivity contribution in [3.63, 3.8) is 0 Å².